The Morgan fingerprint density at radius 2 is 1.30 bits per heavy atom. The van der Waals surface area contributed by atoms with Crippen molar-refractivity contribution in [2.45, 2.75) is 58.3 Å². The lowest BCUT2D eigenvalue weighted by Crippen LogP contribution is -2.20. The summed E-state index contributed by atoms with van der Waals surface area (Å²) in [5, 5.41) is 2.60. The van der Waals surface area contributed by atoms with E-state index in [9.17, 15) is 0 Å². The van der Waals surface area contributed by atoms with Gasteiger partial charge in [-0.05, 0) is 111 Å². The predicted octanol–water partition coefficient (Wildman–Crippen LogP) is 11.6. The quantitative estimate of drug-likeness (QED) is 0.209. The second kappa shape index (κ2) is 9.44. The van der Waals surface area contributed by atoms with Gasteiger partial charge in [-0.2, -0.15) is 0 Å². The molecule has 0 spiro atoms. The molecule has 0 atom stereocenters. The number of benzene rings is 5. The summed E-state index contributed by atoms with van der Waals surface area (Å²) in [4.78, 5) is 2.51. The summed E-state index contributed by atoms with van der Waals surface area (Å²) in [7, 11) is 0. The van der Waals surface area contributed by atoms with Crippen LogP contribution in [0.2, 0.25) is 0 Å². The first-order valence-corrected chi connectivity index (χ1v) is 16.0. The van der Waals surface area contributed by atoms with Crippen LogP contribution >= 0.6 is 0 Å². The van der Waals surface area contributed by atoms with Crippen molar-refractivity contribution in [2.75, 3.05) is 4.90 Å². The van der Waals surface area contributed by atoms with E-state index in [2.05, 4.69) is 155 Å². The summed E-state index contributed by atoms with van der Waals surface area (Å²) >= 11 is 0. The summed E-state index contributed by atoms with van der Waals surface area (Å²) in [5.74, 6) is 0. The first-order valence-electron chi connectivity index (χ1n) is 16.0. The third-order valence-corrected chi connectivity index (χ3v) is 10.6. The number of fused-ring (bicyclic) bond motifs is 9. The average molecular weight is 570 g/mol. The molecule has 1 heterocycles. The van der Waals surface area contributed by atoms with Crippen LogP contribution in [0.5, 0.6) is 0 Å². The highest BCUT2D eigenvalue weighted by molar-refractivity contribution is 6.10. The van der Waals surface area contributed by atoms with Crippen molar-refractivity contribution in [3.63, 3.8) is 0 Å². The Kier molecular flexibility index (Phi) is 5.78. The fourth-order valence-corrected chi connectivity index (χ4v) is 8.36. The molecule has 1 heteroatoms. The fourth-order valence-electron chi connectivity index (χ4n) is 8.36. The molecular weight excluding hydrogens is 530 g/mol. The highest BCUT2D eigenvalue weighted by Gasteiger charge is 2.43. The van der Waals surface area contributed by atoms with Crippen LogP contribution in [0.25, 0.3) is 33.0 Å². The van der Waals surface area contributed by atoms with Crippen LogP contribution in [0.1, 0.15) is 68.9 Å². The van der Waals surface area contributed by atoms with Crippen molar-refractivity contribution in [2.24, 2.45) is 0 Å². The second-order valence-electron chi connectivity index (χ2n) is 13.7. The number of anilines is 2. The molecule has 0 N–H and O–H groups in total. The summed E-state index contributed by atoms with van der Waals surface area (Å²) in [6.45, 7) is 16.0. The standard InChI is InChI=1S/C43H39N/c1-7-15-38-27(8-2)22-23-28-16-9-14-21-39(28)44(38)40-26-37-41(31-19-11-10-18-30(31)40)33-25-35-32(24-36(33)43(37,5)6)29-17-12-13-20-34(29)42(35,3)4/h7-21,24-26H,2,22-23H2,1,3-6H3/b15-7-. The minimum atomic E-state index is -0.155. The predicted molar refractivity (Wildman–Crippen MR) is 188 cm³/mol. The molecule has 0 saturated heterocycles. The first kappa shape index (κ1) is 27.0. The zero-order valence-electron chi connectivity index (χ0n) is 26.5. The van der Waals surface area contributed by atoms with Gasteiger partial charge in [0, 0.05) is 27.6 Å². The molecule has 216 valence electrons. The molecule has 0 fully saturated rings. The van der Waals surface area contributed by atoms with Crippen molar-refractivity contribution < 1.29 is 0 Å². The SMILES string of the molecule is C=CC1=C(/C=C\C)N(c2cc3c(c4ccccc24)-c2cc4c(cc2C3(C)C)-c2ccccc2C4(C)C)c2ccccc2CC1. The molecule has 8 rings (SSSR count). The van der Waals surface area contributed by atoms with E-state index in [1.54, 1.807) is 0 Å². The summed E-state index contributed by atoms with van der Waals surface area (Å²) in [5.41, 5.74) is 17.4. The molecule has 0 radical (unpaired) electrons. The van der Waals surface area contributed by atoms with Crippen molar-refractivity contribution in [3.05, 3.63) is 155 Å². The molecule has 44 heavy (non-hydrogen) atoms. The molecule has 1 aliphatic heterocycles. The fraction of sp³-hybridized carbons (Fsp3) is 0.209. The minimum absolute atomic E-state index is 0.0351. The number of nitrogens with zero attached hydrogens (tertiary/aromatic N) is 1. The van der Waals surface area contributed by atoms with Crippen molar-refractivity contribution in [1.82, 2.24) is 0 Å². The number of hydrogen-bond donors (Lipinski definition) is 0. The lowest BCUT2D eigenvalue weighted by atomic mass is 9.79. The molecule has 1 nitrogen and oxygen atoms in total. The van der Waals surface area contributed by atoms with E-state index < -0.39 is 0 Å². The van der Waals surface area contributed by atoms with Gasteiger partial charge in [-0.1, -0.05) is 113 Å². The van der Waals surface area contributed by atoms with Crippen LogP contribution in [0.15, 0.2) is 127 Å². The molecule has 0 unspecified atom stereocenters. The molecule has 2 aliphatic carbocycles. The van der Waals surface area contributed by atoms with Gasteiger partial charge in [-0.3, -0.25) is 0 Å². The number of para-hydroxylation sites is 1. The number of rotatable bonds is 3. The zero-order chi connectivity index (χ0) is 30.4. The van der Waals surface area contributed by atoms with E-state index >= 15 is 0 Å². The van der Waals surface area contributed by atoms with Gasteiger partial charge in [0.05, 0.1) is 5.69 Å². The van der Waals surface area contributed by atoms with Crippen molar-refractivity contribution >= 4 is 22.1 Å². The van der Waals surface area contributed by atoms with E-state index in [1.165, 1.54) is 83.5 Å². The van der Waals surface area contributed by atoms with Gasteiger partial charge < -0.3 is 4.90 Å². The maximum atomic E-state index is 4.26. The van der Waals surface area contributed by atoms with Crippen LogP contribution in [0.4, 0.5) is 11.4 Å². The Labute approximate surface area is 261 Å². The lowest BCUT2D eigenvalue weighted by Gasteiger charge is -2.31. The second-order valence-corrected chi connectivity index (χ2v) is 13.7. The number of hydrogen-bond acceptors (Lipinski definition) is 1. The van der Waals surface area contributed by atoms with Gasteiger partial charge in [0.2, 0.25) is 0 Å². The number of allylic oxidation sites excluding steroid dienone is 4. The maximum absolute atomic E-state index is 4.26. The Hall–Kier alpha value is -4.62. The Morgan fingerprint density at radius 3 is 2.09 bits per heavy atom. The van der Waals surface area contributed by atoms with E-state index in [0.29, 0.717) is 0 Å². The lowest BCUT2D eigenvalue weighted by molar-refractivity contribution is 0.652. The molecule has 5 aromatic carbocycles. The van der Waals surface area contributed by atoms with E-state index in [4.69, 9.17) is 0 Å². The molecule has 0 bridgehead atoms. The summed E-state index contributed by atoms with van der Waals surface area (Å²) in [6.07, 6.45) is 8.46. The molecule has 0 saturated carbocycles. The molecule has 0 aromatic heterocycles. The van der Waals surface area contributed by atoms with Gasteiger partial charge in [0.15, 0.2) is 0 Å². The third-order valence-electron chi connectivity index (χ3n) is 10.6. The topological polar surface area (TPSA) is 3.24 Å². The van der Waals surface area contributed by atoms with Crippen LogP contribution in [-0.4, -0.2) is 0 Å². The van der Waals surface area contributed by atoms with E-state index in [-0.39, 0.29) is 10.8 Å². The van der Waals surface area contributed by atoms with Gasteiger partial charge in [-0.25, -0.2) is 0 Å². The van der Waals surface area contributed by atoms with Crippen molar-refractivity contribution in [3.8, 4) is 22.3 Å². The maximum Gasteiger partial charge on any atom is 0.0543 e. The van der Waals surface area contributed by atoms with Gasteiger partial charge in [-0.15, -0.1) is 0 Å². The Balaban J connectivity index is 1.45. The Bertz CT molecular complexity index is 2100. The van der Waals surface area contributed by atoms with Gasteiger partial charge in [0.25, 0.3) is 0 Å². The van der Waals surface area contributed by atoms with Gasteiger partial charge in [0.1, 0.15) is 0 Å². The normalized spacial score (nSPS) is 17.2. The molecule has 5 aromatic rings. The average Bonchev–Trinajstić information content (AvgIpc) is 3.31. The molecule has 3 aliphatic rings. The van der Waals surface area contributed by atoms with Crippen LogP contribution < -0.4 is 4.90 Å². The van der Waals surface area contributed by atoms with Gasteiger partial charge >= 0.3 is 0 Å². The first-order chi connectivity index (χ1) is 21.3. The zero-order valence-corrected chi connectivity index (χ0v) is 26.5. The highest BCUT2D eigenvalue weighted by Crippen LogP contribution is 2.58. The van der Waals surface area contributed by atoms with Crippen LogP contribution in [0.3, 0.4) is 0 Å². The van der Waals surface area contributed by atoms with Crippen molar-refractivity contribution in [1.29, 1.82) is 0 Å². The van der Waals surface area contributed by atoms with Crippen LogP contribution in [-0.2, 0) is 17.3 Å². The smallest absolute Gasteiger partial charge is 0.0543 e. The van der Waals surface area contributed by atoms with Crippen LogP contribution in [0, 0.1) is 0 Å². The number of aryl methyl sites for hydroxylation is 1. The third kappa shape index (κ3) is 3.53. The largest absolute Gasteiger partial charge is 0.309 e. The minimum Gasteiger partial charge on any atom is -0.309 e. The molecule has 0 amide bonds. The molecular formula is C43H39N. The van der Waals surface area contributed by atoms with E-state index in [0.717, 1.165) is 12.8 Å². The summed E-state index contributed by atoms with van der Waals surface area (Å²) < 4.78 is 0. The highest BCUT2D eigenvalue weighted by atomic mass is 15.2. The Morgan fingerprint density at radius 1 is 0.636 bits per heavy atom. The van der Waals surface area contributed by atoms with E-state index in [1.807, 2.05) is 0 Å². The summed E-state index contributed by atoms with van der Waals surface area (Å²) in [6, 6.07) is 34.5. The monoisotopic (exact) mass is 569 g/mol.